The minimum Gasteiger partial charge on any atom is -0.355 e. The zero-order valence-corrected chi connectivity index (χ0v) is 13.6. The average Bonchev–Trinajstić information content (AvgIpc) is 3.03. The van der Waals surface area contributed by atoms with Crippen molar-refractivity contribution in [1.29, 1.82) is 0 Å². The van der Waals surface area contributed by atoms with E-state index in [4.69, 9.17) is 5.73 Å². The first-order chi connectivity index (χ1) is 8.75. The molecule has 0 radical (unpaired) electrons. The number of thiazole rings is 1. The molecule has 20 heavy (non-hydrogen) atoms. The van der Waals surface area contributed by atoms with E-state index in [9.17, 15) is 4.79 Å². The van der Waals surface area contributed by atoms with Gasteiger partial charge in [-0.3, -0.25) is 4.79 Å². The van der Waals surface area contributed by atoms with Crippen LogP contribution in [-0.4, -0.2) is 23.5 Å². The van der Waals surface area contributed by atoms with Gasteiger partial charge in [0.15, 0.2) is 0 Å². The Morgan fingerprint density at radius 2 is 2.15 bits per heavy atom. The average molecular weight is 338 g/mol. The van der Waals surface area contributed by atoms with Crippen LogP contribution in [0.15, 0.2) is 11.6 Å². The van der Waals surface area contributed by atoms with Gasteiger partial charge in [0.05, 0.1) is 10.9 Å². The molecule has 2 saturated carbocycles. The number of hydrogen-bond acceptors (Lipinski definition) is 4. The van der Waals surface area contributed by atoms with E-state index in [1.54, 1.807) is 17.5 Å². The maximum atomic E-state index is 12.2. The van der Waals surface area contributed by atoms with Crippen molar-refractivity contribution in [3.8, 4) is 0 Å². The van der Waals surface area contributed by atoms with Crippen molar-refractivity contribution >= 4 is 42.1 Å². The van der Waals surface area contributed by atoms with Crippen LogP contribution in [0.5, 0.6) is 0 Å². The molecule has 2 aliphatic rings. The van der Waals surface area contributed by atoms with Gasteiger partial charge in [0, 0.05) is 30.6 Å². The number of fused-ring (bicyclic) bond motifs is 2. The summed E-state index contributed by atoms with van der Waals surface area (Å²) >= 11 is 1.63. The van der Waals surface area contributed by atoms with E-state index in [0.29, 0.717) is 18.4 Å². The second-order valence-electron chi connectivity index (χ2n) is 5.40. The van der Waals surface area contributed by atoms with E-state index in [0.717, 1.165) is 17.8 Å². The molecule has 3 rings (SSSR count). The summed E-state index contributed by atoms with van der Waals surface area (Å²) in [5, 5.41) is 6.06. The Bertz CT molecular complexity index is 427. The number of hydrogen-bond donors (Lipinski definition) is 2. The number of aromatic nitrogens is 1. The van der Waals surface area contributed by atoms with Crippen LogP contribution in [0.4, 0.5) is 0 Å². The number of halogens is 2. The fourth-order valence-electron chi connectivity index (χ4n) is 3.51. The summed E-state index contributed by atoms with van der Waals surface area (Å²) in [7, 11) is 0. The topological polar surface area (TPSA) is 68.0 Å². The molecule has 4 nitrogen and oxygen atoms in total. The van der Waals surface area contributed by atoms with E-state index in [1.165, 1.54) is 12.8 Å². The summed E-state index contributed by atoms with van der Waals surface area (Å²) in [6.07, 6.45) is 6.18. The third-order valence-corrected chi connectivity index (χ3v) is 5.24. The van der Waals surface area contributed by atoms with Crippen molar-refractivity contribution in [1.82, 2.24) is 10.3 Å². The quantitative estimate of drug-likeness (QED) is 0.883. The molecule has 0 aromatic carbocycles. The lowest BCUT2D eigenvalue weighted by Crippen LogP contribution is -2.45. The predicted molar refractivity (Wildman–Crippen MR) is 85.6 cm³/mol. The van der Waals surface area contributed by atoms with Crippen molar-refractivity contribution in [3.05, 3.63) is 16.6 Å². The van der Waals surface area contributed by atoms with Crippen molar-refractivity contribution in [2.24, 2.45) is 23.5 Å². The fourth-order valence-corrected chi connectivity index (χ4v) is 4.13. The predicted octanol–water partition coefficient (Wildman–Crippen LogP) is 2.02. The van der Waals surface area contributed by atoms with E-state index < -0.39 is 0 Å². The van der Waals surface area contributed by atoms with Gasteiger partial charge < -0.3 is 11.1 Å². The van der Waals surface area contributed by atoms with Gasteiger partial charge in [-0.15, -0.1) is 36.2 Å². The first kappa shape index (κ1) is 17.7. The SMILES string of the molecule is Cl.Cl.NC1C2CCC(C2)C1C(=O)NCCc1nccs1. The zero-order valence-electron chi connectivity index (χ0n) is 11.2. The Balaban J connectivity index is 0.000001000. The van der Waals surface area contributed by atoms with Gasteiger partial charge in [-0.2, -0.15) is 0 Å². The highest BCUT2D eigenvalue weighted by Gasteiger charge is 2.48. The molecule has 0 aliphatic heterocycles. The van der Waals surface area contributed by atoms with Crippen molar-refractivity contribution in [2.75, 3.05) is 6.54 Å². The zero-order chi connectivity index (χ0) is 12.5. The van der Waals surface area contributed by atoms with Gasteiger partial charge in [0.2, 0.25) is 5.91 Å². The Morgan fingerprint density at radius 1 is 1.40 bits per heavy atom. The summed E-state index contributed by atoms with van der Waals surface area (Å²) < 4.78 is 0. The molecule has 1 aromatic heterocycles. The smallest absolute Gasteiger partial charge is 0.224 e. The molecule has 1 heterocycles. The van der Waals surface area contributed by atoms with Gasteiger partial charge in [-0.05, 0) is 31.1 Å². The van der Waals surface area contributed by atoms with Crippen LogP contribution in [0.2, 0.25) is 0 Å². The normalized spacial score (nSPS) is 30.4. The Labute approximate surface area is 135 Å². The molecule has 1 amide bonds. The van der Waals surface area contributed by atoms with Crippen molar-refractivity contribution < 1.29 is 4.79 Å². The monoisotopic (exact) mass is 337 g/mol. The van der Waals surface area contributed by atoms with Crippen LogP contribution in [-0.2, 0) is 11.2 Å². The molecule has 0 spiro atoms. The van der Waals surface area contributed by atoms with Crippen LogP contribution in [0, 0.1) is 17.8 Å². The Kier molecular flexibility index (Phi) is 6.72. The first-order valence-electron chi connectivity index (χ1n) is 6.67. The number of amides is 1. The molecule has 7 heteroatoms. The van der Waals surface area contributed by atoms with Crippen LogP contribution in [0.3, 0.4) is 0 Å². The minimum absolute atomic E-state index is 0. The van der Waals surface area contributed by atoms with E-state index >= 15 is 0 Å². The summed E-state index contributed by atoms with van der Waals surface area (Å²) in [5.41, 5.74) is 6.16. The van der Waals surface area contributed by atoms with Gasteiger partial charge in [-0.25, -0.2) is 4.98 Å². The Morgan fingerprint density at radius 3 is 2.75 bits per heavy atom. The lowest BCUT2D eigenvalue weighted by atomic mass is 9.84. The van der Waals surface area contributed by atoms with Crippen LogP contribution < -0.4 is 11.1 Å². The summed E-state index contributed by atoms with van der Waals surface area (Å²) in [6, 6.07) is 0.0867. The number of nitrogens with zero attached hydrogens (tertiary/aromatic N) is 1. The number of rotatable bonds is 4. The van der Waals surface area contributed by atoms with Gasteiger partial charge in [-0.1, -0.05) is 0 Å². The number of nitrogens with one attached hydrogen (secondary N) is 1. The van der Waals surface area contributed by atoms with Gasteiger partial charge in [0.25, 0.3) is 0 Å². The highest BCUT2D eigenvalue weighted by molar-refractivity contribution is 7.09. The van der Waals surface area contributed by atoms with Crippen molar-refractivity contribution in [2.45, 2.75) is 31.7 Å². The second-order valence-corrected chi connectivity index (χ2v) is 6.38. The van der Waals surface area contributed by atoms with Crippen LogP contribution in [0.25, 0.3) is 0 Å². The standard InChI is InChI=1S/C13H19N3OS.2ClH/c14-12-9-2-1-8(7-9)11(12)13(17)16-4-3-10-15-5-6-18-10;;/h5-6,8-9,11-12H,1-4,7,14H2,(H,16,17);2*1H. The number of nitrogens with two attached hydrogens (primary N) is 1. The molecular weight excluding hydrogens is 317 g/mol. The third-order valence-electron chi connectivity index (χ3n) is 4.40. The molecule has 4 unspecified atom stereocenters. The van der Waals surface area contributed by atoms with Gasteiger partial charge >= 0.3 is 0 Å². The molecule has 2 bridgehead atoms. The maximum Gasteiger partial charge on any atom is 0.224 e. The maximum absolute atomic E-state index is 12.2. The Hall–Kier alpha value is -0.360. The lowest BCUT2D eigenvalue weighted by molar-refractivity contribution is -0.127. The highest BCUT2D eigenvalue weighted by atomic mass is 35.5. The second kappa shape index (κ2) is 7.59. The van der Waals surface area contributed by atoms with E-state index in [-0.39, 0.29) is 42.7 Å². The van der Waals surface area contributed by atoms with E-state index in [1.807, 2.05) is 5.38 Å². The van der Waals surface area contributed by atoms with Gasteiger partial charge in [0.1, 0.15) is 0 Å². The molecule has 2 fully saturated rings. The van der Waals surface area contributed by atoms with Crippen LogP contribution >= 0.6 is 36.2 Å². The minimum atomic E-state index is 0. The van der Waals surface area contributed by atoms with Crippen LogP contribution in [0.1, 0.15) is 24.3 Å². The van der Waals surface area contributed by atoms with Crippen molar-refractivity contribution in [3.63, 3.8) is 0 Å². The third kappa shape index (κ3) is 3.45. The number of carbonyl (C=O) groups excluding carboxylic acids is 1. The summed E-state index contributed by atoms with van der Waals surface area (Å²) in [6.45, 7) is 0.674. The molecule has 3 N–H and O–H groups in total. The lowest BCUT2D eigenvalue weighted by Gasteiger charge is -2.26. The molecule has 4 atom stereocenters. The summed E-state index contributed by atoms with van der Waals surface area (Å²) in [5.74, 6) is 1.33. The molecule has 0 saturated heterocycles. The largest absolute Gasteiger partial charge is 0.355 e. The summed E-state index contributed by atoms with van der Waals surface area (Å²) in [4.78, 5) is 16.4. The molecule has 114 valence electrons. The van der Waals surface area contributed by atoms with E-state index in [2.05, 4.69) is 10.3 Å². The molecular formula is C13H21Cl2N3OS. The fraction of sp³-hybridized carbons (Fsp3) is 0.692. The highest BCUT2D eigenvalue weighted by Crippen LogP contribution is 2.47. The number of carbonyl (C=O) groups is 1. The first-order valence-corrected chi connectivity index (χ1v) is 7.55. The molecule has 1 aromatic rings. The molecule has 2 aliphatic carbocycles.